The van der Waals surface area contributed by atoms with Crippen molar-refractivity contribution < 1.29 is 20.1 Å². The summed E-state index contributed by atoms with van der Waals surface area (Å²) >= 11 is 0. The number of carboxylic acids is 1. The Balaban J connectivity index is 2.88. The summed E-state index contributed by atoms with van der Waals surface area (Å²) in [7, 11) is 0. The van der Waals surface area contributed by atoms with Crippen molar-refractivity contribution in [3.8, 4) is 0 Å². The molecule has 54 valence electrons. The molecule has 4 nitrogen and oxygen atoms in total. The molecule has 0 bridgehead atoms. The van der Waals surface area contributed by atoms with Gasteiger partial charge in [0.25, 0.3) is 0 Å². The molecule has 0 radical (unpaired) electrons. The minimum Gasteiger partial charge on any atom is -0.545 e. The fourth-order valence-corrected chi connectivity index (χ4v) is 0.619. The molecule has 0 saturated heterocycles. The van der Waals surface area contributed by atoms with Crippen LogP contribution in [0.5, 0.6) is 0 Å². The highest BCUT2D eigenvalue weighted by atomic mass is 16.4. The number of rotatable bonds is 2. The predicted molar refractivity (Wildman–Crippen MR) is 29.6 cm³/mol. The van der Waals surface area contributed by atoms with Gasteiger partial charge in [-0.1, -0.05) is 0 Å². The number of carbonyl (C=O) groups excluding carboxylic acids is 1. The van der Waals surface area contributed by atoms with E-state index in [9.17, 15) is 9.90 Å². The smallest absolute Gasteiger partial charge is 0.158 e. The molecule has 0 aliphatic carbocycles. The molecular weight excluding hydrogens is 134 g/mol. The van der Waals surface area contributed by atoms with E-state index in [0.717, 1.165) is 6.26 Å². The van der Waals surface area contributed by atoms with Crippen LogP contribution >= 0.6 is 0 Å². The number of quaternary nitrogens is 1. The Kier molecular flexibility index (Phi) is 1.73. The largest absolute Gasteiger partial charge is 0.545 e. The third-order valence-corrected chi connectivity index (χ3v) is 1.14. The fourth-order valence-electron chi connectivity index (χ4n) is 0.619. The number of hydrogen-bond donors (Lipinski definition) is 1. The van der Waals surface area contributed by atoms with E-state index in [1.807, 2.05) is 0 Å². The van der Waals surface area contributed by atoms with Crippen LogP contribution in [0.15, 0.2) is 16.7 Å². The number of furan rings is 1. The van der Waals surface area contributed by atoms with Crippen molar-refractivity contribution in [2.24, 2.45) is 0 Å². The zero-order valence-corrected chi connectivity index (χ0v) is 5.29. The highest BCUT2D eigenvalue weighted by Crippen LogP contribution is 2.04. The third-order valence-electron chi connectivity index (χ3n) is 1.14. The first-order valence-electron chi connectivity index (χ1n) is 2.82. The van der Waals surface area contributed by atoms with E-state index in [1.165, 1.54) is 6.07 Å². The second-order valence-electron chi connectivity index (χ2n) is 1.84. The molecule has 0 spiro atoms. The maximum atomic E-state index is 10.1. The highest BCUT2D eigenvalue weighted by molar-refractivity contribution is 5.85. The first-order chi connectivity index (χ1) is 4.74. The monoisotopic (exact) mass is 141 g/mol. The Hall–Kier alpha value is -1.29. The lowest BCUT2D eigenvalue weighted by molar-refractivity contribution is -0.390. The molecule has 10 heavy (non-hydrogen) atoms. The Labute approximate surface area is 57.3 Å². The zero-order valence-electron chi connectivity index (χ0n) is 5.29. The van der Waals surface area contributed by atoms with Crippen LogP contribution in [0.25, 0.3) is 0 Å². The summed E-state index contributed by atoms with van der Waals surface area (Å²) in [5, 5.41) is 10.1. The van der Waals surface area contributed by atoms with Crippen molar-refractivity contribution in [2.45, 2.75) is 6.54 Å². The van der Waals surface area contributed by atoms with Gasteiger partial charge in [0.15, 0.2) is 5.76 Å². The van der Waals surface area contributed by atoms with Gasteiger partial charge in [-0.05, 0) is 6.07 Å². The van der Waals surface area contributed by atoms with E-state index in [0.29, 0.717) is 12.3 Å². The third kappa shape index (κ3) is 1.16. The Morgan fingerprint density at radius 1 is 1.80 bits per heavy atom. The minimum absolute atomic E-state index is 0.0682. The molecule has 0 saturated carbocycles. The molecule has 0 unspecified atom stereocenters. The lowest BCUT2D eigenvalue weighted by Gasteiger charge is -1.91. The summed E-state index contributed by atoms with van der Waals surface area (Å²) in [6, 6.07) is 1.41. The maximum Gasteiger partial charge on any atom is 0.158 e. The van der Waals surface area contributed by atoms with Gasteiger partial charge in [0.05, 0.1) is 5.97 Å². The molecule has 0 aliphatic heterocycles. The van der Waals surface area contributed by atoms with Crippen molar-refractivity contribution in [2.75, 3.05) is 0 Å². The first kappa shape index (κ1) is 6.82. The molecular formula is C6H7NO3. The normalized spacial score (nSPS) is 9.70. The van der Waals surface area contributed by atoms with Gasteiger partial charge in [0, 0.05) is 5.56 Å². The van der Waals surface area contributed by atoms with E-state index < -0.39 is 5.97 Å². The molecule has 3 N–H and O–H groups in total. The average Bonchev–Trinajstić information content (AvgIpc) is 2.34. The highest BCUT2D eigenvalue weighted by Gasteiger charge is 2.00. The molecule has 1 heterocycles. The molecule has 0 aromatic carbocycles. The summed E-state index contributed by atoms with van der Waals surface area (Å²) in [4.78, 5) is 10.1. The second kappa shape index (κ2) is 2.53. The summed E-state index contributed by atoms with van der Waals surface area (Å²) in [5.74, 6) is -0.664. The van der Waals surface area contributed by atoms with E-state index >= 15 is 0 Å². The quantitative estimate of drug-likeness (QED) is 0.537. The standard InChI is InChI=1S/C6H7NO3/c7-2-5-1-4(3-10-5)6(8)9/h1,3H,2,7H2,(H,8,9). The molecule has 1 aromatic rings. The fraction of sp³-hybridized carbons (Fsp3) is 0.167. The van der Waals surface area contributed by atoms with Crippen LogP contribution in [0.3, 0.4) is 0 Å². The number of aromatic carboxylic acids is 1. The van der Waals surface area contributed by atoms with Crippen LogP contribution in [-0.4, -0.2) is 5.97 Å². The van der Waals surface area contributed by atoms with Gasteiger partial charge >= 0.3 is 0 Å². The molecule has 0 aliphatic rings. The lowest BCUT2D eigenvalue weighted by Crippen LogP contribution is -2.47. The Bertz CT molecular complexity index is 241. The minimum atomic E-state index is -1.22. The van der Waals surface area contributed by atoms with Gasteiger partial charge in [-0.3, -0.25) is 0 Å². The zero-order chi connectivity index (χ0) is 7.56. The van der Waals surface area contributed by atoms with E-state index in [2.05, 4.69) is 5.73 Å². The maximum absolute atomic E-state index is 10.1. The predicted octanol–water partition coefficient (Wildman–Crippen LogP) is -1.62. The molecule has 0 amide bonds. The van der Waals surface area contributed by atoms with Crippen LogP contribution in [0.2, 0.25) is 0 Å². The van der Waals surface area contributed by atoms with Crippen molar-refractivity contribution in [1.82, 2.24) is 0 Å². The van der Waals surface area contributed by atoms with Gasteiger partial charge in [-0.2, -0.15) is 0 Å². The van der Waals surface area contributed by atoms with Crippen molar-refractivity contribution >= 4 is 5.97 Å². The molecule has 4 heteroatoms. The van der Waals surface area contributed by atoms with Crippen LogP contribution in [0.4, 0.5) is 0 Å². The van der Waals surface area contributed by atoms with Gasteiger partial charge in [-0.25, -0.2) is 0 Å². The van der Waals surface area contributed by atoms with Gasteiger partial charge in [0.2, 0.25) is 0 Å². The van der Waals surface area contributed by atoms with Crippen LogP contribution in [0.1, 0.15) is 16.1 Å². The van der Waals surface area contributed by atoms with E-state index in [1.54, 1.807) is 0 Å². The number of carboxylic acid groups (broad SMARTS) is 1. The summed E-state index contributed by atoms with van der Waals surface area (Å²) in [5.41, 5.74) is 3.59. The topological polar surface area (TPSA) is 80.9 Å². The summed E-state index contributed by atoms with van der Waals surface area (Å²) < 4.78 is 4.79. The van der Waals surface area contributed by atoms with E-state index in [4.69, 9.17) is 4.42 Å². The van der Waals surface area contributed by atoms with Gasteiger partial charge in [-0.15, -0.1) is 0 Å². The number of carbonyl (C=O) groups is 1. The van der Waals surface area contributed by atoms with Gasteiger partial charge < -0.3 is 20.1 Å². The second-order valence-corrected chi connectivity index (χ2v) is 1.84. The van der Waals surface area contributed by atoms with E-state index in [-0.39, 0.29) is 5.56 Å². The molecule has 0 fully saturated rings. The Morgan fingerprint density at radius 3 is 2.80 bits per heavy atom. The molecule has 1 rings (SSSR count). The van der Waals surface area contributed by atoms with Gasteiger partial charge in [0.1, 0.15) is 12.8 Å². The van der Waals surface area contributed by atoms with Crippen LogP contribution < -0.4 is 10.8 Å². The van der Waals surface area contributed by atoms with Crippen LogP contribution in [0, 0.1) is 0 Å². The summed E-state index contributed by atoms with van der Waals surface area (Å²) in [6.45, 7) is 0.452. The average molecular weight is 141 g/mol. The van der Waals surface area contributed by atoms with Crippen LogP contribution in [-0.2, 0) is 6.54 Å². The Morgan fingerprint density at radius 2 is 2.50 bits per heavy atom. The van der Waals surface area contributed by atoms with Crippen molar-refractivity contribution in [3.05, 3.63) is 23.7 Å². The first-order valence-corrected chi connectivity index (χ1v) is 2.82. The lowest BCUT2D eigenvalue weighted by atomic mass is 10.3. The van der Waals surface area contributed by atoms with Crippen molar-refractivity contribution in [3.63, 3.8) is 0 Å². The molecule has 1 aromatic heterocycles. The summed E-state index contributed by atoms with van der Waals surface area (Å²) in [6.07, 6.45) is 1.15. The van der Waals surface area contributed by atoms with Crippen molar-refractivity contribution in [1.29, 1.82) is 0 Å². The number of hydrogen-bond acceptors (Lipinski definition) is 3. The molecule has 0 atom stereocenters. The SMILES string of the molecule is [NH3+]Cc1cc(C(=O)[O-])co1.